The van der Waals surface area contributed by atoms with E-state index in [1.54, 1.807) is 30.5 Å². The van der Waals surface area contributed by atoms with Gasteiger partial charge in [-0.2, -0.15) is 4.31 Å². The Labute approximate surface area is 216 Å². The van der Waals surface area contributed by atoms with E-state index in [1.165, 1.54) is 16.4 Å². The molecule has 4 aromatic rings. The van der Waals surface area contributed by atoms with Crippen LogP contribution in [0, 0.1) is 0 Å². The molecule has 4 rings (SSSR count). The molecule has 0 fully saturated rings. The zero-order valence-corrected chi connectivity index (χ0v) is 21.1. The standard InChI is InChI=1S/C28H26ClN3O3S/c29-24-13-15-26(16-14-24)36(34,35)32(20-25-8-4-5-17-31-25)19-22-11-9-21(10-12-22)18-27(33)28(30)23-6-2-1-3-7-23/h1-17,28H,18-20,30H2. The lowest BCUT2D eigenvalue weighted by molar-refractivity contribution is -0.119. The Balaban J connectivity index is 1.52. The number of aromatic nitrogens is 1. The molecule has 0 bridgehead atoms. The molecule has 1 atom stereocenters. The number of nitrogens with two attached hydrogens (primary N) is 1. The lowest BCUT2D eigenvalue weighted by atomic mass is 9.98. The normalized spacial score (nSPS) is 12.4. The molecule has 0 amide bonds. The Kier molecular flexibility index (Phi) is 8.28. The SMILES string of the molecule is NC(C(=O)Cc1ccc(CN(Cc2ccccn2)S(=O)(=O)c2ccc(Cl)cc2)cc1)c1ccccc1. The highest BCUT2D eigenvalue weighted by molar-refractivity contribution is 7.89. The van der Waals surface area contributed by atoms with Crippen molar-refractivity contribution in [3.63, 3.8) is 0 Å². The Morgan fingerprint density at radius 2 is 1.47 bits per heavy atom. The third-order valence-electron chi connectivity index (χ3n) is 5.78. The van der Waals surface area contributed by atoms with Crippen molar-refractivity contribution < 1.29 is 13.2 Å². The van der Waals surface area contributed by atoms with E-state index in [9.17, 15) is 13.2 Å². The van der Waals surface area contributed by atoms with E-state index in [0.717, 1.165) is 16.7 Å². The third-order valence-corrected chi connectivity index (χ3v) is 7.84. The van der Waals surface area contributed by atoms with Crippen LogP contribution >= 0.6 is 11.6 Å². The maximum atomic E-state index is 13.5. The van der Waals surface area contributed by atoms with Crippen LogP contribution < -0.4 is 5.73 Å². The highest BCUT2D eigenvalue weighted by atomic mass is 35.5. The Morgan fingerprint density at radius 3 is 2.11 bits per heavy atom. The number of carbonyl (C=O) groups excluding carboxylic acids is 1. The first-order valence-electron chi connectivity index (χ1n) is 11.4. The van der Waals surface area contributed by atoms with E-state index in [0.29, 0.717) is 10.7 Å². The van der Waals surface area contributed by atoms with Crippen molar-refractivity contribution in [3.8, 4) is 0 Å². The van der Waals surface area contributed by atoms with E-state index in [4.69, 9.17) is 17.3 Å². The molecule has 0 aliphatic carbocycles. The van der Waals surface area contributed by atoms with Crippen LogP contribution in [0.2, 0.25) is 5.02 Å². The topological polar surface area (TPSA) is 93.4 Å². The Bertz CT molecular complexity index is 1400. The number of carbonyl (C=O) groups is 1. The number of sulfonamides is 1. The number of hydrogen-bond donors (Lipinski definition) is 1. The van der Waals surface area contributed by atoms with Gasteiger partial charge in [0.2, 0.25) is 10.0 Å². The van der Waals surface area contributed by atoms with Gasteiger partial charge >= 0.3 is 0 Å². The lowest BCUT2D eigenvalue weighted by Gasteiger charge is -2.22. The van der Waals surface area contributed by atoms with Crippen molar-refractivity contribution >= 4 is 27.4 Å². The molecule has 8 heteroatoms. The maximum Gasteiger partial charge on any atom is 0.243 e. The molecular weight excluding hydrogens is 494 g/mol. The van der Waals surface area contributed by atoms with Gasteiger partial charge in [-0.25, -0.2) is 8.42 Å². The van der Waals surface area contributed by atoms with Crippen LogP contribution in [-0.4, -0.2) is 23.5 Å². The average molecular weight is 520 g/mol. The number of nitrogens with zero attached hydrogens (tertiary/aromatic N) is 2. The first-order valence-corrected chi connectivity index (χ1v) is 13.2. The van der Waals surface area contributed by atoms with Crippen molar-refractivity contribution in [1.82, 2.24) is 9.29 Å². The monoisotopic (exact) mass is 519 g/mol. The first kappa shape index (κ1) is 25.7. The van der Waals surface area contributed by atoms with Crippen LogP contribution in [0.5, 0.6) is 0 Å². The minimum atomic E-state index is -3.82. The summed E-state index contributed by atoms with van der Waals surface area (Å²) >= 11 is 5.96. The quantitative estimate of drug-likeness (QED) is 0.320. The number of halogens is 1. The molecule has 0 spiro atoms. The number of Topliss-reactive ketones (excluding diaryl/α,β-unsaturated/α-hetero) is 1. The molecule has 184 valence electrons. The lowest BCUT2D eigenvalue weighted by Crippen LogP contribution is -2.30. The van der Waals surface area contributed by atoms with Crippen LogP contribution in [0.15, 0.2) is 108 Å². The van der Waals surface area contributed by atoms with E-state index in [1.807, 2.05) is 60.7 Å². The predicted molar refractivity (Wildman–Crippen MR) is 141 cm³/mol. The van der Waals surface area contributed by atoms with Gasteiger partial charge in [-0.05, 0) is 53.1 Å². The predicted octanol–water partition coefficient (Wildman–Crippen LogP) is 4.94. The van der Waals surface area contributed by atoms with E-state index in [2.05, 4.69) is 4.98 Å². The summed E-state index contributed by atoms with van der Waals surface area (Å²) in [5.41, 5.74) is 9.13. The molecule has 0 saturated heterocycles. The summed E-state index contributed by atoms with van der Waals surface area (Å²) in [5.74, 6) is -0.0870. The second-order valence-corrected chi connectivity index (χ2v) is 10.8. The summed E-state index contributed by atoms with van der Waals surface area (Å²) in [6, 6.07) is 27.4. The second kappa shape index (κ2) is 11.6. The number of ketones is 1. The van der Waals surface area contributed by atoms with Gasteiger partial charge < -0.3 is 5.73 Å². The molecule has 36 heavy (non-hydrogen) atoms. The number of benzene rings is 3. The minimum Gasteiger partial charge on any atom is -0.318 e. The van der Waals surface area contributed by atoms with Gasteiger partial charge in [0.15, 0.2) is 5.78 Å². The van der Waals surface area contributed by atoms with Crippen LogP contribution in [0.1, 0.15) is 28.4 Å². The van der Waals surface area contributed by atoms with Gasteiger partial charge in [-0.15, -0.1) is 0 Å². The fourth-order valence-electron chi connectivity index (χ4n) is 3.78. The van der Waals surface area contributed by atoms with Crippen molar-refractivity contribution in [2.45, 2.75) is 30.4 Å². The summed E-state index contributed by atoms with van der Waals surface area (Å²) in [6.07, 6.45) is 1.82. The highest BCUT2D eigenvalue weighted by Crippen LogP contribution is 2.23. The van der Waals surface area contributed by atoms with Crippen molar-refractivity contribution in [2.24, 2.45) is 5.73 Å². The summed E-state index contributed by atoms with van der Waals surface area (Å²) in [6.45, 7) is 0.247. The molecule has 3 aromatic carbocycles. The molecule has 0 aliphatic heterocycles. The molecule has 1 heterocycles. The fourth-order valence-corrected chi connectivity index (χ4v) is 5.30. The van der Waals surface area contributed by atoms with Gasteiger partial charge in [-0.1, -0.05) is 72.3 Å². The average Bonchev–Trinajstić information content (AvgIpc) is 2.90. The zero-order chi connectivity index (χ0) is 25.5. The Hall–Kier alpha value is -3.36. The summed E-state index contributed by atoms with van der Waals surface area (Å²) in [4.78, 5) is 17.1. The third kappa shape index (κ3) is 6.44. The van der Waals surface area contributed by atoms with E-state index < -0.39 is 16.1 Å². The Morgan fingerprint density at radius 1 is 0.833 bits per heavy atom. The first-order chi connectivity index (χ1) is 17.3. The van der Waals surface area contributed by atoms with Crippen LogP contribution in [0.25, 0.3) is 0 Å². The maximum absolute atomic E-state index is 13.5. The summed E-state index contributed by atoms with van der Waals surface area (Å²) in [7, 11) is -3.82. The van der Waals surface area contributed by atoms with Crippen molar-refractivity contribution in [1.29, 1.82) is 0 Å². The van der Waals surface area contributed by atoms with Gasteiger partial charge in [-0.3, -0.25) is 9.78 Å². The number of pyridine rings is 1. The molecule has 0 radical (unpaired) electrons. The largest absolute Gasteiger partial charge is 0.318 e. The second-order valence-electron chi connectivity index (χ2n) is 8.40. The molecule has 0 saturated carbocycles. The summed E-state index contributed by atoms with van der Waals surface area (Å²) in [5, 5.41) is 0.461. The highest BCUT2D eigenvalue weighted by Gasteiger charge is 2.25. The minimum absolute atomic E-state index is 0.0870. The van der Waals surface area contributed by atoms with Gasteiger partial charge in [0.1, 0.15) is 0 Å². The fraction of sp³-hybridized carbons (Fsp3) is 0.143. The summed E-state index contributed by atoms with van der Waals surface area (Å²) < 4.78 is 28.3. The molecule has 0 aliphatic rings. The number of hydrogen-bond acceptors (Lipinski definition) is 5. The molecule has 1 aromatic heterocycles. The van der Waals surface area contributed by atoms with Crippen LogP contribution in [-0.2, 0) is 34.3 Å². The van der Waals surface area contributed by atoms with Crippen molar-refractivity contribution in [2.75, 3.05) is 0 Å². The van der Waals surface area contributed by atoms with Gasteiger partial charge in [0, 0.05) is 24.2 Å². The molecule has 2 N–H and O–H groups in total. The molecular formula is C28H26ClN3O3S. The molecule has 6 nitrogen and oxygen atoms in total. The van der Waals surface area contributed by atoms with E-state index >= 15 is 0 Å². The zero-order valence-electron chi connectivity index (χ0n) is 19.5. The van der Waals surface area contributed by atoms with Gasteiger partial charge in [0.25, 0.3) is 0 Å². The van der Waals surface area contributed by atoms with Gasteiger partial charge in [0.05, 0.1) is 23.2 Å². The van der Waals surface area contributed by atoms with Crippen LogP contribution in [0.3, 0.4) is 0 Å². The van der Waals surface area contributed by atoms with E-state index in [-0.39, 0.29) is 30.2 Å². The molecule has 1 unspecified atom stereocenters. The van der Waals surface area contributed by atoms with Crippen LogP contribution in [0.4, 0.5) is 0 Å². The van der Waals surface area contributed by atoms with Crippen molar-refractivity contribution in [3.05, 3.63) is 131 Å². The number of rotatable bonds is 10. The smallest absolute Gasteiger partial charge is 0.243 e.